The van der Waals surface area contributed by atoms with Crippen LogP contribution in [0.4, 0.5) is 5.82 Å². The standard InChI is InChI=1S/C29H32N4O5/c1-35-22-10-4-19(5-11-22)18-33-28-26(27(32-33)31-21-8-14-23(36-2)15-9-21)25(16-17-30-28)38-24-12-6-20(7-13-24)29(34)37-3/h4-7,10-13,16-17,21,23H,8-9,14-15,18H2,1-3H3,(H,31,32)/t21-,23+. The first-order chi connectivity index (χ1) is 18.6. The van der Waals surface area contributed by atoms with Gasteiger partial charge in [-0.1, -0.05) is 12.1 Å². The molecule has 0 unspecified atom stereocenters. The van der Waals surface area contributed by atoms with Gasteiger partial charge in [-0.05, 0) is 67.6 Å². The van der Waals surface area contributed by atoms with Crippen molar-refractivity contribution in [3.05, 3.63) is 71.9 Å². The summed E-state index contributed by atoms with van der Waals surface area (Å²) in [5.74, 6) is 2.38. The molecule has 1 N–H and O–H groups in total. The molecule has 1 saturated carbocycles. The normalized spacial score (nSPS) is 17.2. The van der Waals surface area contributed by atoms with Crippen LogP contribution < -0.4 is 14.8 Å². The number of aromatic nitrogens is 3. The van der Waals surface area contributed by atoms with Crippen molar-refractivity contribution in [3.8, 4) is 17.2 Å². The molecule has 2 aromatic carbocycles. The average Bonchev–Trinajstić information content (AvgIpc) is 3.31. The van der Waals surface area contributed by atoms with E-state index in [2.05, 4.69) is 10.3 Å². The molecule has 5 rings (SSSR count). The van der Waals surface area contributed by atoms with E-state index in [0.717, 1.165) is 53.8 Å². The van der Waals surface area contributed by atoms with Crippen LogP contribution in [0.25, 0.3) is 11.0 Å². The summed E-state index contributed by atoms with van der Waals surface area (Å²) in [6.07, 6.45) is 6.04. The summed E-state index contributed by atoms with van der Waals surface area (Å²) in [7, 11) is 4.79. The predicted molar refractivity (Wildman–Crippen MR) is 144 cm³/mol. The molecule has 4 aromatic rings. The van der Waals surface area contributed by atoms with E-state index in [1.165, 1.54) is 7.11 Å². The fourth-order valence-corrected chi connectivity index (χ4v) is 4.81. The second kappa shape index (κ2) is 11.5. The molecule has 0 spiro atoms. The lowest BCUT2D eigenvalue weighted by molar-refractivity contribution is 0.0600. The van der Waals surface area contributed by atoms with Gasteiger partial charge < -0.3 is 24.3 Å². The molecule has 0 radical (unpaired) electrons. The van der Waals surface area contributed by atoms with E-state index < -0.39 is 5.97 Å². The Balaban J connectivity index is 1.48. The molecule has 2 heterocycles. The first-order valence-electron chi connectivity index (χ1n) is 12.7. The van der Waals surface area contributed by atoms with Gasteiger partial charge in [-0.3, -0.25) is 0 Å². The Morgan fingerprint density at radius 2 is 1.66 bits per heavy atom. The number of pyridine rings is 1. The molecule has 38 heavy (non-hydrogen) atoms. The Kier molecular flexibility index (Phi) is 7.74. The second-order valence-electron chi connectivity index (χ2n) is 9.33. The number of rotatable bonds is 9. The summed E-state index contributed by atoms with van der Waals surface area (Å²) < 4.78 is 23.8. The number of hydrogen-bond acceptors (Lipinski definition) is 8. The summed E-state index contributed by atoms with van der Waals surface area (Å²) in [4.78, 5) is 16.5. The van der Waals surface area contributed by atoms with Crippen LogP contribution in [0.5, 0.6) is 17.2 Å². The van der Waals surface area contributed by atoms with Crippen molar-refractivity contribution in [3.63, 3.8) is 0 Å². The third kappa shape index (κ3) is 5.57. The van der Waals surface area contributed by atoms with Gasteiger partial charge in [0.15, 0.2) is 11.5 Å². The zero-order valence-corrected chi connectivity index (χ0v) is 21.8. The number of methoxy groups -OCH3 is 3. The Bertz CT molecular complexity index is 1380. The van der Waals surface area contributed by atoms with E-state index in [1.807, 2.05) is 35.0 Å². The van der Waals surface area contributed by atoms with Crippen LogP contribution in [-0.2, 0) is 16.0 Å². The summed E-state index contributed by atoms with van der Waals surface area (Å²) >= 11 is 0. The number of ether oxygens (including phenoxy) is 4. The number of fused-ring (bicyclic) bond motifs is 1. The van der Waals surface area contributed by atoms with E-state index in [1.54, 1.807) is 44.7 Å². The lowest BCUT2D eigenvalue weighted by Crippen LogP contribution is -2.29. The zero-order chi connectivity index (χ0) is 26.5. The van der Waals surface area contributed by atoms with Crippen LogP contribution in [0.15, 0.2) is 60.8 Å². The Labute approximate surface area is 221 Å². The molecule has 9 nitrogen and oxygen atoms in total. The molecular weight excluding hydrogens is 484 g/mol. The van der Waals surface area contributed by atoms with Gasteiger partial charge in [-0.2, -0.15) is 5.10 Å². The number of carbonyl (C=O) groups is 1. The van der Waals surface area contributed by atoms with Gasteiger partial charge >= 0.3 is 5.97 Å². The molecule has 198 valence electrons. The maximum Gasteiger partial charge on any atom is 0.337 e. The maximum atomic E-state index is 11.8. The monoisotopic (exact) mass is 516 g/mol. The van der Waals surface area contributed by atoms with Crippen LogP contribution in [0.3, 0.4) is 0 Å². The van der Waals surface area contributed by atoms with Gasteiger partial charge in [-0.15, -0.1) is 0 Å². The first-order valence-corrected chi connectivity index (χ1v) is 12.7. The fourth-order valence-electron chi connectivity index (χ4n) is 4.81. The van der Waals surface area contributed by atoms with Crippen molar-refractivity contribution in [2.24, 2.45) is 0 Å². The highest BCUT2D eigenvalue weighted by molar-refractivity contribution is 5.94. The minimum Gasteiger partial charge on any atom is -0.497 e. The number of benzene rings is 2. The molecule has 9 heteroatoms. The van der Waals surface area contributed by atoms with E-state index in [9.17, 15) is 4.79 Å². The predicted octanol–water partition coefficient (Wildman–Crippen LogP) is 5.44. The van der Waals surface area contributed by atoms with Crippen molar-refractivity contribution in [2.45, 2.75) is 44.4 Å². The van der Waals surface area contributed by atoms with Crippen molar-refractivity contribution >= 4 is 22.8 Å². The summed E-state index contributed by atoms with van der Waals surface area (Å²) in [5.41, 5.74) is 2.26. The third-order valence-corrected chi connectivity index (χ3v) is 6.94. The van der Waals surface area contributed by atoms with Gasteiger partial charge in [0.1, 0.15) is 22.6 Å². The summed E-state index contributed by atoms with van der Waals surface area (Å²) in [6.45, 7) is 0.545. The number of anilines is 1. The van der Waals surface area contributed by atoms with Gasteiger partial charge in [0.05, 0.1) is 32.4 Å². The molecule has 0 bridgehead atoms. The summed E-state index contributed by atoms with van der Waals surface area (Å²) in [5, 5.41) is 9.42. The van der Waals surface area contributed by atoms with Crippen LogP contribution in [0, 0.1) is 0 Å². The van der Waals surface area contributed by atoms with Crippen LogP contribution in [-0.4, -0.2) is 54.2 Å². The second-order valence-corrected chi connectivity index (χ2v) is 9.33. The van der Waals surface area contributed by atoms with Crippen molar-refractivity contribution in [1.82, 2.24) is 14.8 Å². The molecule has 0 aliphatic heterocycles. The largest absolute Gasteiger partial charge is 0.497 e. The van der Waals surface area contributed by atoms with Crippen LogP contribution in [0.2, 0.25) is 0 Å². The van der Waals surface area contributed by atoms with Gasteiger partial charge in [0.2, 0.25) is 0 Å². The van der Waals surface area contributed by atoms with Crippen molar-refractivity contribution in [1.29, 1.82) is 0 Å². The van der Waals surface area contributed by atoms with Crippen molar-refractivity contribution in [2.75, 3.05) is 26.6 Å². The number of nitrogens with zero attached hydrogens (tertiary/aromatic N) is 3. The number of nitrogens with one attached hydrogen (secondary N) is 1. The number of esters is 1. The van der Waals surface area contributed by atoms with Gasteiger partial charge in [-0.25, -0.2) is 14.5 Å². The highest BCUT2D eigenvalue weighted by Crippen LogP contribution is 2.36. The molecule has 0 amide bonds. The van der Waals surface area contributed by atoms with Gasteiger partial charge in [0.25, 0.3) is 0 Å². The lowest BCUT2D eigenvalue weighted by Gasteiger charge is -2.28. The van der Waals surface area contributed by atoms with E-state index in [0.29, 0.717) is 29.7 Å². The minimum absolute atomic E-state index is 0.279. The van der Waals surface area contributed by atoms with E-state index in [4.69, 9.17) is 24.0 Å². The van der Waals surface area contributed by atoms with Crippen LogP contribution >= 0.6 is 0 Å². The SMILES string of the molecule is COC(=O)c1ccc(Oc2ccnc3c2c(N[C@H]2CC[C@@H](OC)CC2)nn3Cc2ccc(OC)cc2)cc1. The quantitative estimate of drug-likeness (QED) is 0.294. The van der Waals surface area contributed by atoms with E-state index in [-0.39, 0.29) is 6.04 Å². The van der Waals surface area contributed by atoms with Gasteiger partial charge in [0, 0.05) is 25.4 Å². The Hall–Kier alpha value is -4.11. The minimum atomic E-state index is -0.391. The highest BCUT2D eigenvalue weighted by atomic mass is 16.5. The smallest absolute Gasteiger partial charge is 0.337 e. The molecular formula is C29H32N4O5. The zero-order valence-electron chi connectivity index (χ0n) is 21.8. The molecule has 0 saturated heterocycles. The Morgan fingerprint density at radius 3 is 2.32 bits per heavy atom. The maximum absolute atomic E-state index is 11.8. The van der Waals surface area contributed by atoms with E-state index >= 15 is 0 Å². The highest BCUT2D eigenvalue weighted by Gasteiger charge is 2.24. The molecule has 0 atom stereocenters. The fraction of sp³-hybridized carbons (Fsp3) is 0.345. The van der Waals surface area contributed by atoms with Crippen molar-refractivity contribution < 1.29 is 23.7 Å². The Morgan fingerprint density at radius 1 is 0.947 bits per heavy atom. The van der Waals surface area contributed by atoms with Crippen LogP contribution in [0.1, 0.15) is 41.6 Å². The molecule has 2 aromatic heterocycles. The lowest BCUT2D eigenvalue weighted by atomic mass is 9.93. The average molecular weight is 517 g/mol. The third-order valence-electron chi connectivity index (χ3n) is 6.94. The molecule has 1 fully saturated rings. The molecule has 1 aliphatic carbocycles. The topological polar surface area (TPSA) is 96.7 Å². The number of hydrogen-bond donors (Lipinski definition) is 1. The molecule has 1 aliphatic rings. The first kappa shape index (κ1) is 25.5. The summed E-state index contributed by atoms with van der Waals surface area (Å²) in [6, 6.07) is 16.9. The number of carbonyl (C=O) groups excluding carboxylic acids is 1.